The highest BCUT2D eigenvalue weighted by Crippen LogP contribution is 2.22. The molecule has 0 aliphatic rings. The fourth-order valence-electron chi connectivity index (χ4n) is 1.50. The van der Waals surface area contributed by atoms with E-state index in [-0.39, 0.29) is 0 Å². The van der Waals surface area contributed by atoms with Gasteiger partial charge in [-0.1, -0.05) is 36.0 Å². The van der Waals surface area contributed by atoms with Crippen molar-refractivity contribution < 1.29 is 0 Å². The number of hydrogen-bond donors (Lipinski definition) is 2. The van der Waals surface area contributed by atoms with Crippen LogP contribution in [0.3, 0.4) is 0 Å². The van der Waals surface area contributed by atoms with Crippen LogP contribution in [0.15, 0.2) is 48.5 Å². The first-order chi connectivity index (χ1) is 8.16. The van der Waals surface area contributed by atoms with E-state index in [9.17, 15) is 0 Å². The molecule has 0 radical (unpaired) electrons. The highest BCUT2D eigenvalue weighted by atomic mass is 35.5. The van der Waals surface area contributed by atoms with E-state index in [1.165, 1.54) is 0 Å². The Kier molecular flexibility index (Phi) is 3.61. The lowest BCUT2D eigenvalue weighted by atomic mass is 10.1. The lowest BCUT2D eigenvalue weighted by Crippen LogP contribution is -2.11. The Hall–Kier alpha value is -1.58. The minimum Gasteiger partial charge on any atom is -0.389 e. The van der Waals surface area contributed by atoms with E-state index in [1.54, 1.807) is 0 Å². The van der Waals surface area contributed by atoms with Crippen molar-refractivity contribution in [2.75, 3.05) is 5.32 Å². The molecule has 0 unspecified atom stereocenters. The van der Waals surface area contributed by atoms with Gasteiger partial charge in [0.1, 0.15) is 4.99 Å². The van der Waals surface area contributed by atoms with Crippen LogP contribution in [-0.2, 0) is 0 Å². The predicted molar refractivity (Wildman–Crippen MR) is 77.1 cm³/mol. The SMILES string of the molecule is NC(=S)c1ccccc1Nc1ccc(Cl)cc1. The summed E-state index contributed by atoms with van der Waals surface area (Å²) in [5.41, 5.74) is 8.33. The molecule has 2 nitrogen and oxygen atoms in total. The van der Waals surface area contributed by atoms with Gasteiger partial charge in [-0.2, -0.15) is 0 Å². The van der Waals surface area contributed by atoms with Crippen LogP contribution in [0.2, 0.25) is 5.02 Å². The van der Waals surface area contributed by atoms with E-state index in [1.807, 2.05) is 48.5 Å². The number of hydrogen-bond acceptors (Lipinski definition) is 2. The van der Waals surface area contributed by atoms with Gasteiger partial charge in [0, 0.05) is 22.0 Å². The Morgan fingerprint density at radius 2 is 1.71 bits per heavy atom. The summed E-state index contributed by atoms with van der Waals surface area (Å²) in [6.45, 7) is 0. The van der Waals surface area contributed by atoms with E-state index >= 15 is 0 Å². The Labute approximate surface area is 110 Å². The van der Waals surface area contributed by atoms with Crippen LogP contribution in [0.4, 0.5) is 11.4 Å². The van der Waals surface area contributed by atoms with Crippen LogP contribution in [-0.4, -0.2) is 4.99 Å². The van der Waals surface area contributed by atoms with Gasteiger partial charge in [0.05, 0.1) is 0 Å². The average Bonchev–Trinajstić information content (AvgIpc) is 2.32. The van der Waals surface area contributed by atoms with Crippen LogP contribution < -0.4 is 11.1 Å². The maximum Gasteiger partial charge on any atom is 0.106 e. The number of para-hydroxylation sites is 1. The third kappa shape index (κ3) is 2.96. The van der Waals surface area contributed by atoms with Gasteiger partial charge in [-0.15, -0.1) is 0 Å². The van der Waals surface area contributed by atoms with Crippen molar-refractivity contribution in [3.05, 3.63) is 59.1 Å². The zero-order valence-corrected chi connectivity index (χ0v) is 10.6. The lowest BCUT2D eigenvalue weighted by molar-refractivity contribution is 1.52. The standard InChI is InChI=1S/C13H11ClN2S/c14-9-5-7-10(8-6-9)16-12-4-2-1-3-11(12)13(15)17/h1-8,16H,(H2,15,17). The second-order valence-corrected chi connectivity index (χ2v) is 4.42. The Morgan fingerprint density at radius 1 is 1.06 bits per heavy atom. The number of thiocarbonyl (C=S) groups is 1. The fraction of sp³-hybridized carbons (Fsp3) is 0. The van der Waals surface area contributed by atoms with E-state index in [0.717, 1.165) is 16.9 Å². The number of halogens is 1. The minimum atomic E-state index is 0.377. The van der Waals surface area contributed by atoms with Crippen molar-refractivity contribution in [3.63, 3.8) is 0 Å². The summed E-state index contributed by atoms with van der Waals surface area (Å²) < 4.78 is 0. The molecule has 0 aromatic heterocycles. The van der Waals surface area contributed by atoms with Gasteiger partial charge < -0.3 is 11.1 Å². The van der Waals surface area contributed by atoms with Gasteiger partial charge in [0.25, 0.3) is 0 Å². The number of benzene rings is 2. The summed E-state index contributed by atoms with van der Waals surface area (Å²) in [5.74, 6) is 0. The van der Waals surface area contributed by atoms with Crippen LogP contribution >= 0.6 is 23.8 Å². The van der Waals surface area contributed by atoms with E-state index in [2.05, 4.69) is 5.32 Å². The minimum absolute atomic E-state index is 0.377. The second kappa shape index (κ2) is 5.17. The summed E-state index contributed by atoms with van der Waals surface area (Å²) in [7, 11) is 0. The number of rotatable bonds is 3. The molecule has 4 heteroatoms. The van der Waals surface area contributed by atoms with Crippen molar-refractivity contribution in [2.45, 2.75) is 0 Å². The summed E-state index contributed by atoms with van der Waals surface area (Å²) in [5, 5.41) is 3.96. The lowest BCUT2D eigenvalue weighted by Gasteiger charge is -2.10. The molecule has 0 spiro atoms. The summed E-state index contributed by atoms with van der Waals surface area (Å²) in [6.07, 6.45) is 0. The van der Waals surface area contributed by atoms with Crippen molar-refractivity contribution in [1.29, 1.82) is 0 Å². The van der Waals surface area contributed by atoms with Crippen molar-refractivity contribution in [1.82, 2.24) is 0 Å². The average molecular weight is 263 g/mol. The van der Waals surface area contributed by atoms with Crippen molar-refractivity contribution in [3.8, 4) is 0 Å². The van der Waals surface area contributed by atoms with Gasteiger partial charge in [-0.05, 0) is 36.4 Å². The molecule has 3 N–H and O–H groups in total. The van der Waals surface area contributed by atoms with Crippen LogP contribution in [0, 0.1) is 0 Å². The number of nitrogens with one attached hydrogen (secondary N) is 1. The Bertz CT molecular complexity index is 537. The third-order valence-corrected chi connectivity index (χ3v) is 2.79. The normalized spacial score (nSPS) is 9.94. The first-order valence-corrected chi connectivity index (χ1v) is 5.87. The quantitative estimate of drug-likeness (QED) is 0.828. The highest BCUT2D eigenvalue weighted by molar-refractivity contribution is 7.80. The van der Waals surface area contributed by atoms with Gasteiger partial charge in [-0.25, -0.2) is 0 Å². The number of nitrogens with two attached hydrogens (primary N) is 1. The molecular formula is C13H11ClN2S. The molecule has 0 atom stereocenters. The van der Waals surface area contributed by atoms with Gasteiger partial charge in [0.15, 0.2) is 0 Å². The molecule has 2 rings (SSSR count). The molecule has 17 heavy (non-hydrogen) atoms. The molecule has 0 fully saturated rings. The largest absolute Gasteiger partial charge is 0.389 e. The molecular weight excluding hydrogens is 252 g/mol. The van der Waals surface area contributed by atoms with Crippen molar-refractivity contribution >= 4 is 40.2 Å². The maximum absolute atomic E-state index is 5.83. The molecule has 2 aromatic rings. The van der Waals surface area contributed by atoms with Crippen LogP contribution in [0.25, 0.3) is 0 Å². The second-order valence-electron chi connectivity index (χ2n) is 3.54. The summed E-state index contributed by atoms with van der Waals surface area (Å²) >= 11 is 10.8. The molecule has 0 amide bonds. The zero-order valence-electron chi connectivity index (χ0n) is 8.98. The Morgan fingerprint density at radius 3 is 2.35 bits per heavy atom. The molecule has 0 saturated carbocycles. The third-order valence-electron chi connectivity index (χ3n) is 2.32. The topological polar surface area (TPSA) is 38.0 Å². The van der Waals surface area contributed by atoms with Gasteiger partial charge in [-0.3, -0.25) is 0 Å². The Balaban J connectivity index is 2.30. The van der Waals surface area contributed by atoms with E-state index in [4.69, 9.17) is 29.6 Å². The molecule has 0 bridgehead atoms. The fourth-order valence-corrected chi connectivity index (χ4v) is 1.80. The van der Waals surface area contributed by atoms with Crippen LogP contribution in [0.1, 0.15) is 5.56 Å². The molecule has 0 heterocycles. The monoisotopic (exact) mass is 262 g/mol. The summed E-state index contributed by atoms with van der Waals surface area (Å²) in [4.78, 5) is 0.377. The predicted octanol–water partition coefficient (Wildman–Crippen LogP) is 3.72. The van der Waals surface area contributed by atoms with Gasteiger partial charge >= 0.3 is 0 Å². The summed E-state index contributed by atoms with van der Waals surface area (Å²) in [6, 6.07) is 15.1. The van der Waals surface area contributed by atoms with Crippen LogP contribution in [0.5, 0.6) is 0 Å². The zero-order chi connectivity index (χ0) is 12.3. The molecule has 0 aliphatic carbocycles. The van der Waals surface area contributed by atoms with Crippen molar-refractivity contribution in [2.24, 2.45) is 5.73 Å². The maximum atomic E-state index is 5.83. The number of anilines is 2. The van der Waals surface area contributed by atoms with E-state index < -0.39 is 0 Å². The highest BCUT2D eigenvalue weighted by Gasteiger charge is 2.03. The van der Waals surface area contributed by atoms with Gasteiger partial charge in [0.2, 0.25) is 0 Å². The first kappa shape index (κ1) is 11.9. The molecule has 86 valence electrons. The molecule has 0 saturated heterocycles. The van der Waals surface area contributed by atoms with E-state index in [0.29, 0.717) is 10.0 Å². The molecule has 0 aliphatic heterocycles. The molecule has 2 aromatic carbocycles. The smallest absolute Gasteiger partial charge is 0.106 e. The first-order valence-electron chi connectivity index (χ1n) is 5.08.